The summed E-state index contributed by atoms with van der Waals surface area (Å²) in [5, 5.41) is 0. The van der Waals surface area contributed by atoms with Gasteiger partial charge in [0, 0.05) is 9.79 Å². The zero-order valence-electron chi connectivity index (χ0n) is 10.1. The molecule has 20 heavy (non-hydrogen) atoms. The lowest BCUT2D eigenvalue weighted by molar-refractivity contribution is 0.537. The van der Waals surface area contributed by atoms with Crippen molar-refractivity contribution in [2.75, 3.05) is 0 Å². The Hall–Kier alpha value is -1.73. The Morgan fingerprint density at radius 1 is 0.650 bits per heavy atom. The van der Waals surface area contributed by atoms with Gasteiger partial charge in [-0.15, -0.1) is 0 Å². The number of sulfone groups is 2. The van der Waals surface area contributed by atoms with Crippen molar-refractivity contribution in [3.05, 3.63) is 65.5 Å². The predicted octanol–water partition coefficient (Wildman–Crippen LogP) is 2.35. The molecule has 0 aliphatic carbocycles. The summed E-state index contributed by atoms with van der Waals surface area (Å²) in [4.78, 5) is -2.88. The maximum atomic E-state index is 14.1. The van der Waals surface area contributed by atoms with E-state index in [2.05, 4.69) is 0 Å². The third-order valence-corrected chi connectivity index (χ3v) is 6.48. The van der Waals surface area contributed by atoms with E-state index in [0.29, 0.717) is 0 Å². The Labute approximate surface area is 116 Å². The fourth-order valence-corrected chi connectivity index (χ4v) is 4.66. The molecule has 0 spiro atoms. The third kappa shape index (κ3) is 2.59. The van der Waals surface area contributed by atoms with Gasteiger partial charge in [0.2, 0.25) is 0 Å². The number of hydrogen-bond donors (Lipinski definition) is 0. The van der Waals surface area contributed by atoms with Gasteiger partial charge in [-0.05, 0) is 24.3 Å². The first-order valence-corrected chi connectivity index (χ1v) is 8.46. The summed E-state index contributed by atoms with van der Waals surface area (Å²) >= 11 is 0. The van der Waals surface area contributed by atoms with Crippen LogP contribution in [0.25, 0.3) is 0 Å². The van der Waals surface area contributed by atoms with Gasteiger partial charge in [-0.3, -0.25) is 16.8 Å². The molecule has 0 atom stereocenters. The van der Waals surface area contributed by atoms with Crippen molar-refractivity contribution in [3.63, 3.8) is 0 Å². The minimum Gasteiger partial charge on any atom is -0.421 e. The second kappa shape index (κ2) is 5.34. The van der Waals surface area contributed by atoms with Crippen LogP contribution in [0.15, 0.2) is 70.5 Å². The standard InChI is InChI=1S/C13H10FO4S2/c14-13(19(15,16)11-7-3-1-4-8-11)20(17,18)12-9-5-2-6-10-12/h1-10H/q-1. The van der Waals surface area contributed by atoms with Crippen LogP contribution in [0.2, 0.25) is 0 Å². The molecule has 4 nitrogen and oxygen atoms in total. The first-order valence-electron chi connectivity index (χ1n) is 5.49. The maximum absolute atomic E-state index is 14.1. The van der Waals surface area contributed by atoms with Crippen LogP contribution in [-0.4, -0.2) is 16.8 Å². The minimum absolute atomic E-state index is 0.406. The summed E-state index contributed by atoms with van der Waals surface area (Å²) in [5.74, 6) is 0. The van der Waals surface area contributed by atoms with E-state index in [1.165, 1.54) is 24.3 Å². The smallest absolute Gasteiger partial charge is 0.0970 e. The fourth-order valence-electron chi connectivity index (χ4n) is 1.53. The molecule has 0 amide bonds. The number of rotatable bonds is 4. The van der Waals surface area contributed by atoms with Gasteiger partial charge in [-0.2, -0.15) is 0 Å². The van der Waals surface area contributed by atoms with Crippen LogP contribution >= 0.6 is 0 Å². The van der Waals surface area contributed by atoms with E-state index in [-0.39, 0.29) is 0 Å². The second-order valence-corrected chi connectivity index (χ2v) is 7.80. The SMILES string of the molecule is O=S(=O)(c1ccccc1)[C-](F)S(=O)(=O)c1ccccc1. The first kappa shape index (κ1) is 14.7. The zero-order valence-corrected chi connectivity index (χ0v) is 11.7. The highest BCUT2D eigenvalue weighted by Crippen LogP contribution is 2.32. The van der Waals surface area contributed by atoms with E-state index in [1.54, 1.807) is 12.1 Å². The quantitative estimate of drug-likeness (QED) is 0.813. The van der Waals surface area contributed by atoms with Crippen LogP contribution in [0, 0.1) is 4.84 Å². The topological polar surface area (TPSA) is 68.3 Å². The highest BCUT2D eigenvalue weighted by atomic mass is 32.3. The molecule has 0 saturated heterocycles. The third-order valence-electron chi connectivity index (χ3n) is 2.53. The van der Waals surface area contributed by atoms with E-state index >= 15 is 0 Å². The lowest BCUT2D eigenvalue weighted by atomic mass is 10.4. The molecule has 2 aromatic rings. The van der Waals surface area contributed by atoms with Crippen molar-refractivity contribution >= 4 is 19.7 Å². The van der Waals surface area contributed by atoms with Gasteiger partial charge in [-0.25, -0.2) is 0 Å². The Morgan fingerprint density at radius 3 is 1.25 bits per heavy atom. The molecule has 7 heteroatoms. The normalized spacial score (nSPS) is 12.5. The number of halogens is 1. The van der Waals surface area contributed by atoms with Crippen molar-refractivity contribution in [1.29, 1.82) is 0 Å². The highest BCUT2D eigenvalue weighted by Gasteiger charge is 2.27. The summed E-state index contributed by atoms with van der Waals surface area (Å²) in [7, 11) is -9.37. The van der Waals surface area contributed by atoms with E-state index in [9.17, 15) is 21.2 Å². The van der Waals surface area contributed by atoms with Gasteiger partial charge in [0.25, 0.3) is 0 Å². The summed E-state index contributed by atoms with van der Waals surface area (Å²) in [5.41, 5.74) is 0. The summed E-state index contributed by atoms with van der Waals surface area (Å²) in [6.45, 7) is 0. The molecule has 0 aliphatic heterocycles. The van der Waals surface area contributed by atoms with E-state index in [1.807, 2.05) is 0 Å². The number of benzene rings is 2. The average Bonchev–Trinajstić information content (AvgIpc) is 2.48. The van der Waals surface area contributed by atoms with Crippen LogP contribution in [0.1, 0.15) is 0 Å². The monoisotopic (exact) mass is 313 g/mol. The van der Waals surface area contributed by atoms with Crippen LogP contribution < -0.4 is 0 Å². The molecule has 0 aliphatic rings. The van der Waals surface area contributed by atoms with Crippen molar-refractivity contribution < 1.29 is 21.2 Å². The van der Waals surface area contributed by atoms with Crippen LogP contribution in [0.5, 0.6) is 0 Å². The Bertz CT molecular complexity index is 715. The van der Waals surface area contributed by atoms with Crippen LogP contribution in [0.4, 0.5) is 4.39 Å². The van der Waals surface area contributed by atoms with Gasteiger partial charge >= 0.3 is 0 Å². The molecule has 0 heterocycles. The summed E-state index contributed by atoms with van der Waals surface area (Å²) < 4.78 is 61.9. The number of hydrogen-bond acceptors (Lipinski definition) is 4. The largest absolute Gasteiger partial charge is 0.421 e. The fraction of sp³-hybridized carbons (Fsp3) is 0. The van der Waals surface area contributed by atoms with Gasteiger partial charge < -0.3 is 4.39 Å². The first-order chi connectivity index (χ1) is 9.37. The Morgan fingerprint density at radius 2 is 0.950 bits per heavy atom. The molecular weight excluding hydrogens is 303 g/mol. The van der Waals surface area contributed by atoms with Crippen molar-refractivity contribution in [1.82, 2.24) is 0 Å². The van der Waals surface area contributed by atoms with Crippen LogP contribution in [-0.2, 0) is 19.7 Å². The molecular formula is C13H10FO4S2-. The highest BCUT2D eigenvalue weighted by molar-refractivity contribution is 8.12. The molecule has 0 fully saturated rings. The zero-order chi connectivity index (χ0) is 14.8. The Balaban J connectivity index is 2.49. The lowest BCUT2D eigenvalue weighted by Crippen LogP contribution is -2.19. The van der Waals surface area contributed by atoms with E-state index < -0.39 is 34.3 Å². The molecule has 0 bridgehead atoms. The van der Waals surface area contributed by atoms with Crippen molar-refractivity contribution in [3.8, 4) is 0 Å². The van der Waals surface area contributed by atoms with E-state index in [0.717, 1.165) is 24.3 Å². The van der Waals surface area contributed by atoms with Gasteiger partial charge in [0.15, 0.2) is 0 Å². The molecule has 106 valence electrons. The molecule has 2 rings (SSSR count). The molecule has 0 saturated carbocycles. The second-order valence-electron chi connectivity index (χ2n) is 3.87. The molecule has 0 aromatic heterocycles. The summed E-state index contributed by atoms with van der Waals surface area (Å²) in [6, 6.07) is 13.2. The van der Waals surface area contributed by atoms with Gasteiger partial charge in [0.1, 0.15) is 0 Å². The van der Waals surface area contributed by atoms with Crippen molar-refractivity contribution in [2.24, 2.45) is 0 Å². The van der Waals surface area contributed by atoms with E-state index in [4.69, 9.17) is 0 Å². The maximum Gasteiger partial charge on any atom is 0.0970 e. The molecule has 0 unspecified atom stereocenters. The predicted molar refractivity (Wildman–Crippen MR) is 71.6 cm³/mol. The van der Waals surface area contributed by atoms with Gasteiger partial charge in [-0.1, -0.05) is 36.4 Å². The van der Waals surface area contributed by atoms with Gasteiger partial charge in [0.05, 0.1) is 24.5 Å². The minimum atomic E-state index is -4.68. The lowest BCUT2D eigenvalue weighted by Gasteiger charge is -2.22. The molecule has 0 N–H and O–H groups in total. The molecule has 2 aromatic carbocycles. The van der Waals surface area contributed by atoms with Crippen molar-refractivity contribution in [2.45, 2.75) is 9.79 Å². The summed E-state index contributed by atoms with van der Waals surface area (Å²) in [6.07, 6.45) is 0. The van der Waals surface area contributed by atoms with Crippen LogP contribution in [0.3, 0.4) is 0 Å². The molecule has 0 radical (unpaired) electrons. The average molecular weight is 313 g/mol. The Kier molecular flexibility index (Phi) is 3.92.